The summed E-state index contributed by atoms with van der Waals surface area (Å²) >= 11 is 3.43. The maximum absolute atomic E-state index is 12.3. The van der Waals surface area contributed by atoms with E-state index in [0.29, 0.717) is 28.3 Å². The average Bonchev–Trinajstić information content (AvgIpc) is 2.62. The van der Waals surface area contributed by atoms with E-state index in [1.54, 1.807) is 12.1 Å². The first-order chi connectivity index (χ1) is 12.4. The third-order valence-corrected chi connectivity index (χ3v) is 5.35. The van der Waals surface area contributed by atoms with Crippen LogP contribution in [0.1, 0.15) is 54.9 Å². The van der Waals surface area contributed by atoms with Crippen LogP contribution in [0.25, 0.3) is 0 Å². The number of carbonyl (C=O) groups is 2. The molecule has 1 aliphatic carbocycles. The molecule has 0 unspecified atom stereocenters. The summed E-state index contributed by atoms with van der Waals surface area (Å²) in [5, 5.41) is 0. The minimum Gasteiger partial charge on any atom is -0.462 e. The summed E-state index contributed by atoms with van der Waals surface area (Å²) in [5.41, 5.74) is 8.18. The third kappa shape index (κ3) is 5.99. The molecule has 1 aromatic carbocycles. The second-order valence-corrected chi connectivity index (χ2v) is 7.57. The average molecular weight is 427 g/mol. The number of nitrogens with zero attached hydrogens (tertiary/aromatic N) is 1. The Morgan fingerprint density at radius 1 is 1.19 bits per heavy atom. The van der Waals surface area contributed by atoms with Crippen molar-refractivity contribution in [2.24, 2.45) is 0 Å². The number of hydrogen-bond acceptors (Lipinski definition) is 6. The lowest BCUT2D eigenvalue weighted by atomic mass is 9.94. The van der Waals surface area contributed by atoms with Crippen molar-refractivity contribution in [2.75, 3.05) is 26.0 Å². The van der Waals surface area contributed by atoms with Crippen LogP contribution >= 0.6 is 15.9 Å². The van der Waals surface area contributed by atoms with Gasteiger partial charge in [-0.05, 0) is 53.5 Å². The molecule has 0 atom stereocenters. The fourth-order valence-electron chi connectivity index (χ4n) is 3.25. The van der Waals surface area contributed by atoms with Gasteiger partial charge >= 0.3 is 11.9 Å². The number of ether oxygens (including phenoxy) is 2. The Bertz CT molecular complexity index is 645. The standard InChI is InChI=1S/C19H27BrN2O4/c1-13(23)25-8-9-26-19(24)14-10-15(18(21)17(20)11-14)12-22(2)16-6-4-3-5-7-16/h10-11,16H,3-9,12,21H2,1-2H3. The Kier molecular flexibility index (Phi) is 7.90. The number of rotatable bonds is 7. The molecule has 0 amide bonds. The van der Waals surface area contributed by atoms with Crippen molar-refractivity contribution in [1.82, 2.24) is 4.90 Å². The highest BCUT2D eigenvalue weighted by atomic mass is 79.9. The van der Waals surface area contributed by atoms with Gasteiger partial charge in [0.05, 0.1) is 11.3 Å². The summed E-state index contributed by atoms with van der Waals surface area (Å²) in [6.45, 7) is 2.07. The first-order valence-electron chi connectivity index (χ1n) is 8.97. The lowest BCUT2D eigenvalue weighted by molar-refractivity contribution is -0.142. The quantitative estimate of drug-likeness (QED) is 0.408. The SMILES string of the molecule is CC(=O)OCCOC(=O)c1cc(Br)c(N)c(CN(C)C2CCCCC2)c1. The number of nitrogens with two attached hydrogens (primary N) is 1. The fourth-order valence-corrected chi connectivity index (χ4v) is 3.75. The van der Waals surface area contributed by atoms with Gasteiger partial charge in [0.1, 0.15) is 13.2 Å². The van der Waals surface area contributed by atoms with Crippen LogP contribution in [0.15, 0.2) is 16.6 Å². The van der Waals surface area contributed by atoms with Gasteiger partial charge in [0.25, 0.3) is 0 Å². The van der Waals surface area contributed by atoms with Crippen LogP contribution in [0, 0.1) is 0 Å². The third-order valence-electron chi connectivity index (χ3n) is 4.69. The first kappa shape index (κ1) is 20.7. The zero-order valence-electron chi connectivity index (χ0n) is 15.4. The van der Waals surface area contributed by atoms with Crippen LogP contribution in [0.2, 0.25) is 0 Å². The van der Waals surface area contributed by atoms with Gasteiger partial charge < -0.3 is 15.2 Å². The molecule has 1 saturated carbocycles. The number of carbonyl (C=O) groups excluding carboxylic acids is 2. The largest absolute Gasteiger partial charge is 0.462 e. The second kappa shape index (κ2) is 9.92. The molecule has 2 N–H and O–H groups in total. The van der Waals surface area contributed by atoms with E-state index in [0.717, 1.165) is 5.56 Å². The number of benzene rings is 1. The molecule has 1 aromatic rings. The lowest BCUT2D eigenvalue weighted by Crippen LogP contribution is -2.33. The monoisotopic (exact) mass is 426 g/mol. The number of nitrogen functional groups attached to an aromatic ring is 1. The van der Waals surface area contributed by atoms with E-state index in [2.05, 4.69) is 27.9 Å². The summed E-state index contributed by atoms with van der Waals surface area (Å²) < 4.78 is 10.6. The summed E-state index contributed by atoms with van der Waals surface area (Å²) in [7, 11) is 2.10. The molecule has 0 aliphatic heterocycles. The number of anilines is 1. The van der Waals surface area contributed by atoms with Crippen LogP contribution in [-0.4, -0.2) is 43.1 Å². The van der Waals surface area contributed by atoms with Crippen LogP contribution in [0.5, 0.6) is 0 Å². The maximum atomic E-state index is 12.3. The highest BCUT2D eigenvalue weighted by Crippen LogP contribution is 2.29. The Morgan fingerprint density at radius 2 is 1.85 bits per heavy atom. The van der Waals surface area contributed by atoms with Crippen LogP contribution in [0.3, 0.4) is 0 Å². The summed E-state index contributed by atoms with van der Waals surface area (Å²) in [6.07, 6.45) is 6.25. The molecule has 0 heterocycles. The molecule has 0 bridgehead atoms. The van der Waals surface area contributed by atoms with E-state index in [9.17, 15) is 9.59 Å². The Labute approximate surface area is 163 Å². The molecule has 1 fully saturated rings. The summed E-state index contributed by atoms with van der Waals surface area (Å²) in [4.78, 5) is 25.3. The van der Waals surface area contributed by atoms with E-state index in [-0.39, 0.29) is 13.2 Å². The molecular weight excluding hydrogens is 400 g/mol. The smallest absolute Gasteiger partial charge is 0.338 e. The molecule has 0 radical (unpaired) electrons. The highest BCUT2D eigenvalue weighted by molar-refractivity contribution is 9.10. The van der Waals surface area contributed by atoms with Crippen molar-refractivity contribution in [2.45, 2.75) is 51.6 Å². The molecule has 2 rings (SSSR count). The van der Waals surface area contributed by atoms with Gasteiger partial charge in [-0.3, -0.25) is 9.69 Å². The summed E-state index contributed by atoms with van der Waals surface area (Å²) in [6, 6.07) is 4.00. The molecule has 26 heavy (non-hydrogen) atoms. The predicted octanol–water partition coefficient (Wildman–Crippen LogP) is 3.52. The van der Waals surface area contributed by atoms with Crippen molar-refractivity contribution < 1.29 is 19.1 Å². The van der Waals surface area contributed by atoms with Gasteiger partial charge in [0.2, 0.25) is 0 Å². The van der Waals surface area contributed by atoms with E-state index in [1.165, 1.54) is 39.0 Å². The van der Waals surface area contributed by atoms with Crippen molar-refractivity contribution in [1.29, 1.82) is 0 Å². The molecule has 144 valence electrons. The lowest BCUT2D eigenvalue weighted by Gasteiger charge is -2.31. The minimum atomic E-state index is -0.459. The van der Waals surface area contributed by atoms with E-state index in [1.807, 2.05) is 0 Å². The number of esters is 2. The minimum absolute atomic E-state index is 0.0255. The number of hydrogen-bond donors (Lipinski definition) is 1. The van der Waals surface area contributed by atoms with Crippen LogP contribution in [0.4, 0.5) is 5.69 Å². The highest BCUT2D eigenvalue weighted by Gasteiger charge is 2.20. The van der Waals surface area contributed by atoms with Crippen LogP contribution < -0.4 is 5.73 Å². The fraction of sp³-hybridized carbons (Fsp3) is 0.579. The molecule has 0 aromatic heterocycles. The topological polar surface area (TPSA) is 81.9 Å². The van der Waals surface area contributed by atoms with Crippen molar-refractivity contribution >= 4 is 33.6 Å². The van der Waals surface area contributed by atoms with Crippen molar-refractivity contribution in [3.05, 3.63) is 27.7 Å². The molecule has 0 spiro atoms. The first-order valence-corrected chi connectivity index (χ1v) is 9.76. The molecule has 6 nitrogen and oxygen atoms in total. The zero-order chi connectivity index (χ0) is 19.1. The molecule has 7 heteroatoms. The van der Waals surface area contributed by atoms with E-state index in [4.69, 9.17) is 15.2 Å². The van der Waals surface area contributed by atoms with Gasteiger partial charge in [-0.15, -0.1) is 0 Å². The second-order valence-electron chi connectivity index (χ2n) is 6.71. The van der Waals surface area contributed by atoms with E-state index >= 15 is 0 Å². The van der Waals surface area contributed by atoms with Gasteiger partial charge in [-0.2, -0.15) is 0 Å². The molecule has 0 saturated heterocycles. The van der Waals surface area contributed by atoms with E-state index < -0.39 is 11.9 Å². The van der Waals surface area contributed by atoms with Gasteiger partial charge in [-0.25, -0.2) is 4.79 Å². The number of halogens is 1. The Morgan fingerprint density at radius 3 is 2.50 bits per heavy atom. The molecular formula is C19H27BrN2O4. The van der Waals surface area contributed by atoms with Gasteiger partial charge in [0, 0.05) is 24.0 Å². The van der Waals surface area contributed by atoms with Gasteiger partial charge in [-0.1, -0.05) is 19.3 Å². The van der Waals surface area contributed by atoms with Crippen molar-refractivity contribution in [3.63, 3.8) is 0 Å². The zero-order valence-corrected chi connectivity index (χ0v) is 17.0. The van der Waals surface area contributed by atoms with Crippen molar-refractivity contribution in [3.8, 4) is 0 Å². The Balaban J connectivity index is 2.02. The maximum Gasteiger partial charge on any atom is 0.338 e. The molecule has 1 aliphatic rings. The normalized spacial score (nSPS) is 15.1. The summed E-state index contributed by atoms with van der Waals surface area (Å²) in [5.74, 6) is -0.858. The predicted molar refractivity (Wildman–Crippen MR) is 104 cm³/mol. The Hall–Kier alpha value is -1.60. The van der Waals surface area contributed by atoms with Gasteiger partial charge in [0.15, 0.2) is 0 Å². The van der Waals surface area contributed by atoms with Crippen LogP contribution in [-0.2, 0) is 20.8 Å².